The first-order chi connectivity index (χ1) is 8.27. The lowest BCUT2D eigenvalue weighted by atomic mass is 10.0. The molecule has 0 radical (unpaired) electrons. The maximum absolute atomic E-state index is 9.79. The molecule has 0 bridgehead atoms. The summed E-state index contributed by atoms with van der Waals surface area (Å²) >= 11 is 0. The fourth-order valence-electron chi connectivity index (χ4n) is 1.58. The number of aliphatic hydroxyl groups excluding tert-OH is 2. The molecule has 0 saturated carbocycles. The predicted molar refractivity (Wildman–Crippen MR) is 67.5 cm³/mol. The fraction of sp³-hybridized carbons (Fsp3) is 0.429. The number of hydrogen-bond acceptors (Lipinski definition) is 3. The molecule has 3 nitrogen and oxygen atoms in total. The van der Waals surface area contributed by atoms with Gasteiger partial charge in [0.1, 0.15) is 0 Å². The molecule has 0 aliphatic rings. The first-order valence-corrected chi connectivity index (χ1v) is 5.79. The van der Waals surface area contributed by atoms with Crippen LogP contribution in [0.15, 0.2) is 43.0 Å². The molecule has 0 heterocycles. The molecule has 0 aliphatic heterocycles. The van der Waals surface area contributed by atoms with Crippen LogP contribution in [0.5, 0.6) is 0 Å². The summed E-state index contributed by atoms with van der Waals surface area (Å²) in [6.07, 6.45) is 1.63. The Morgan fingerprint density at radius 3 is 2.59 bits per heavy atom. The normalized spacial score (nSPS) is 14.2. The Kier molecular flexibility index (Phi) is 6.55. The Balaban J connectivity index is 2.28. The molecular weight excluding hydrogens is 216 g/mol. The summed E-state index contributed by atoms with van der Waals surface area (Å²) in [6.45, 7) is 4.25. The van der Waals surface area contributed by atoms with E-state index in [4.69, 9.17) is 9.84 Å². The second-order valence-corrected chi connectivity index (χ2v) is 4.04. The van der Waals surface area contributed by atoms with Crippen LogP contribution in [0.1, 0.15) is 12.0 Å². The molecule has 1 aromatic carbocycles. The van der Waals surface area contributed by atoms with Crippen molar-refractivity contribution in [1.29, 1.82) is 0 Å². The standard InChI is InChI=1S/C14H20O3/c1-2-6-13(9-15)14(16)11-17-10-12-7-4-3-5-8-12/h2-5,7-8,13-16H,1,6,9-11H2/t13-,14-/m0/s1. The lowest BCUT2D eigenvalue weighted by Crippen LogP contribution is -2.28. The highest BCUT2D eigenvalue weighted by Crippen LogP contribution is 2.10. The third kappa shape index (κ3) is 5.13. The van der Waals surface area contributed by atoms with Crippen molar-refractivity contribution < 1.29 is 14.9 Å². The molecule has 0 saturated heterocycles. The molecule has 0 aliphatic carbocycles. The number of ether oxygens (including phenoxy) is 1. The number of allylic oxidation sites excluding steroid dienone is 1. The third-order valence-corrected chi connectivity index (χ3v) is 2.65. The molecule has 1 rings (SSSR count). The van der Waals surface area contributed by atoms with Gasteiger partial charge in [0.15, 0.2) is 0 Å². The first kappa shape index (κ1) is 13.9. The topological polar surface area (TPSA) is 49.7 Å². The van der Waals surface area contributed by atoms with E-state index in [2.05, 4.69) is 6.58 Å². The Morgan fingerprint density at radius 2 is 2.00 bits per heavy atom. The molecule has 17 heavy (non-hydrogen) atoms. The molecule has 0 aromatic heterocycles. The summed E-state index contributed by atoms with van der Waals surface area (Å²) in [7, 11) is 0. The maximum Gasteiger partial charge on any atom is 0.0826 e. The number of hydrogen-bond donors (Lipinski definition) is 2. The monoisotopic (exact) mass is 236 g/mol. The van der Waals surface area contributed by atoms with Crippen LogP contribution < -0.4 is 0 Å². The SMILES string of the molecule is C=CC[C@@H](CO)[C@@H](O)COCc1ccccc1. The Labute approximate surface area is 102 Å². The van der Waals surface area contributed by atoms with Gasteiger partial charge >= 0.3 is 0 Å². The van der Waals surface area contributed by atoms with E-state index in [0.717, 1.165) is 5.56 Å². The zero-order valence-corrected chi connectivity index (χ0v) is 9.96. The smallest absolute Gasteiger partial charge is 0.0826 e. The average Bonchev–Trinajstić information content (AvgIpc) is 2.37. The van der Waals surface area contributed by atoms with E-state index in [1.54, 1.807) is 6.08 Å². The van der Waals surface area contributed by atoms with Crippen LogP contribution in [0.4, 0.5) is 0 Å². The van der Waals surface area contributed by atoms with Crippen LogP contribution in [-0.2, 0) is 11.3 Å². The largest absolute Gasteiger partial charge is 0.396 e. The van der Waals surface area contributed by atoms with Crippen molar-refractivity contribution in [3.8, 4) is 0 Å². The van der Waals surface area contributed by atoms with Gasteiger partial charge in [0.25, 0.3) is 0 Å². The predicted octanol–water partition coefficient (Wildman–Crippen LogP) is 1.75. The molecule has 94 valence electrons. The zero-order valence-electron chi connectivity index (χ0n) is 9.96. The summed E-state index contributed by atoms with van der Waals surface area (Å²) in [5.74, 6) is -0.191. The molecule has 0 unspecified atom stereocenters. The zero-order chi connectivity index (χ0) is 12.5. The van der Waals surface area contributed by atoms with Gasteiger partial charge in [0, 0.05) is 12.5 Å². The molecular formula is C14H20O3. The van der Waals surface area contributed by atoms with Crippen molar-refractivity contribution in [2.24, 2.45) is 5.92 Å². The van der Waals surface area contributed by atoms with E-state index in [1.807, 2.05) is 30.3 Å². The van der Waals surface area contributed by atoms with Gasteiger partial charge in [-0.15, -0.1) is 6.58 Å². The van der Waals surface area contributed by atoms with E-state index < -0.39 is 6.10 Å². The van der Waals surface area contributed by atoms with E-state index in [0.29, 0.717) is 13.0 Å². The highest BCUT2D eigenvalue weighted by molar-refractivity contribution is 5.13. The quantitative estimate of drug-likeness (QED) is 0.676. The van der Waals surface area contributed by atoms with Crippen molar-refractivity contribution >= 4 is 0 Å². The maximum atomic E-state index is 9.79. The summed E-state index contributed by atoms with van der Waals surface area (Å²) in [6, 6.07) is 9.79. The van der Waals surface area contributed by atoms with Gasteiger partial charge in [-0.1, -0.05) is 36.4 Å². The van der Waals surface area contributed by atoms with Crippen LogP contribution in [0.25, 0.3) is 0 Å². The Morgan fingerprint density at radius 1 is 1.29 bits per heavy atom. The lowest BCUT2D eigenvalue weighted by Gasteiger charge is -2.19. The van der Waals surface area contributed by atoms with Crippen molar-refractivity contribution in [2.75, 3.05) is 13.2 Å². The van der Waals surface area contributed by atoms with Gasteiger partial charge in [-0.3, -0.25) is 0 Å². The summed E-state index contributed by atoms with van der Waals surface area (Å²) in [5.41, 5.74) is 1.07. The van der Waals surface area contributed by atoms with Gasteiger partial charge in [-0.05, 0) is 12.0 Å². The van der Waals surface area contributed by atoms with Crippen molar-refractivity contribution in [1.82, 2.24) is 0 Å². The average molecular weight is 236 g/mol. The summed E-state index contributed by atoms with van der Waals surface area (Å²) < 4.78 is 5.42. The second-order valence-electron chi connectivity index (χ2n) is 4.04. The minimum atomic E-state index is -0.651. The molecule has 2 N–H and O–H groups in total. The number of benzene rings is 1. The molecule has 0 amide bonds. The van der Waals surface area contributed by atoms with Crippen molar-refractivity contribution in [3.05, 3.63) is 48.6 Å². The Hall–Kier alpha value is -1.16. The van der Waals surface area contributed by atoms with Crippen LogP contribution >= 0.6 is 0 Å². The number of rotatable bonds is 8. The minimum absolute atomic E-state index is 0.0537. The van der Waals surface area contributed by atoms with Gasteiger partial charge in [-0.25, -0.2) is 0 Å². The minimum Gasteiger partial charge on any atom is -0.396 e. The molecule has 3 heteroatoms. The number of aliphatic hydroxyl groups is 2. The van der Waals surface area contributed by atoms with Crippen LogP contribution in [0.3, 0.4) is 0 Å². The molecule has 1 aromatic rings. The first-order valence-electron chi connectivity index (χ1n) is 5.79. The van der Waals surface area contributed by atoms with E-state index >= 15 is 0 Å². The van der Waals surface area contributed by atoms with Crippen LogP contribution in [-0.4, -0.2) is 29.5 Å². The fourth-order valence-corrected chi connectivity index (χ4v) is 1.58. The second kappa shape index (κ2) is 8.01. The third-order valence-electron chi connectivity index (χ3n) is 2.65. The van der Waals surface area contributed by atoms with Gasteiger partial charge < -0.3 is 14.9 Å². The molecule has 0 fully saturated rings. The lowest BCUT2D eigenvalue weighted by molar-refractivity contribution is -0.0152. The van der Waals surface area contributed by atoms with Crippen molar-refractivity contribution in [2.45, 2.75) is 19.1 Å². The van der Waals surface area contributed by atoms with Crippen LogP contribution in [0, 0.1) is 5.92 Å². The summed E-state index contributed by atoms with van der Waals surface area (Å²) in [4.78, 5) is 0. The highest BCUT2D eigenvalue weighted by atomic mass is 16.5. The van der Waals surface area contributed by atoms with E-state index in [-0.39, 0.29) is 19.1 Å². The van der Waals surface area contributed by atoms with E-state index in [9.17, 15) is 5.11 Å². The van der Waals surface area contributed by atoms with Crippen molar-refractivity contribution in [3.63, 3.8) is 0 Å². The molecule has 2 atom stereocenters. The molecule has 0 spiro atoms. The highest BCUT2D eigenvalue weighted by Gasteiger charge is 2.16. The van der Waals surface area contributed by atoms with Gasteiger partial charge in [0.2, 0.25) is 0 Å². The van der Waals surface area contributed by atoms with E-state index in [1.165, 1.54) is 0 Å². The van der Waals surface area contributed by atoms with Crippen LogP contribution in [0.2, 0.25) is 0 Å². The Bertz CT molecular complexity index is 311. The van der Waals surface area contributed by atoms with Gasteiger partial charge in [0.05, 0.1) is 19.3 Å². The van der Waals surface area contributed by atoms with Gasteiger partial charge in [-0.2, -0.15) is 0 Å². The summed E-state index contributed by atoms with van der Waals surface area (Å²) in [5, 5.41) is 18.9.